The van der Waals surface area contributed by atoms with E-state index in [0.717, 1.165) is 11.6 Å². The van der Waals surface area contributed by atoms with Crippen LogP contribution in [-0.4, -0.2) is 23.6 Å². The van der Waals surface area contributed by atoms with Gasteiger partial charge in [0, 0.05) is 11.6 Å². The lowest BCUT2D eigenvalue weighted by molar-refractivity contribution is -0.123. The lowest BCUT2D eigenvalue weighted by atomic mass is 10.1. The Morgan fingerprint density at radius 2 is 2.60 bits per heavy atom. The van der Waals surface area contributed by atoms with Gasteiger partial charge in [-0.3, -0.25) is 10.1 Å². The van der Waals surface area contributed by atoms with E-state index in [1.165, 1.54) is 5.56 Å². The van der Waals surface area contributed by atoms with Gasteiger partial charge in [-0.25, -0.2) is 0 Å². The van der Waals surface area contributed by atoms with Gasteiger partial charge in [-0.15, -0.1) is 11.8 Å². The highest BCUT2D eigenvalue weighted by Gasteiger charge is 2.23. The molecule has 2 atom stereocenters. The van der Waals surface area contributed by atoms with E-state index in [9.17, 15) is 4.79 Å². The molecule has 0 aliphatic carbocycles. The van der Waals surface area contributed by atoms with Crippen molar-refractivity contribution in [1.29, 1.82) is 0 Å². The highest BCUT2D eigenvalue weighted by molar-refractivity contribution is 7.99. The SMILES string of the molecule is CC(NC(=O)C1CSCN1)c1ccsc1. The number of hydrogen-bond donors (Lipinski definition) is 2. The Labute approximate surface area is 97.6 Å². The minimum absolute atomic E-state index is 0.0175. The van der Waals surface area contributed by atoms with Crippen molar-refractivity contribution < 1.29 is 4.79 Å². The quantitative estimate of drug-likeness (QED) is 0.845. The van der Waals surface area contributed by atoms with Crippen molar-refractivity contribution in [3.05, 3.63) is 22.4 Å². The number of amides is 1. The minimum atomic E-state index is -0.0175. The molecule has 0 aromatic carbocycles. The van der Waals surface area contributed by atoms with Gasteiger partial charge in [0.15, 0.2) is 0 Å². The summed E-state index contributed by atoms with van der Waals surface area (Å²) in [5.41, 5.74) is 1.18. The first kappa shape index (κ1) is 11.0. The van der Waals surface area contributed by atoms with Crippen LogP contribution in [0.3, 0.4) is 0 Å². The van der Waals surface area contributed by atoms with Crippen LogP contribution in [0.4, 0.5) is 0 Å². The molecular formula is C10H14N2OS2. The van der Waals surface area contributed by atoms with Crippen LogP contribution in [0.2, 0.25) is 0 Å². The van der Waals surface area contributed by atoms with Crippen LogP contribution in [0, 0.1) is 0 Å². The number of carbonyl (C=O) groups is 1. The first-order valence-electron chi connectivity index (χ1n) is 4.91. The van der Waals surface area contributed by atoms with Crippen molar-refractivity contribution in [3.8, 4) is 0 Å². The number of rotatable bonds is 3. The third-order valence-electron chi connectivity index (χ3n) is 2.43. The zero-order chi connectivity index (χ0) is 10.7. The van der Waals surface area contributed by atoms with Crippen LogP contribution in [0.1, 0.15) is 18.5 Å². The van der Waals surface area contributed by atoms with E-state index >= 15 is 0 Å². The molecule has 1 fully saturated rings. The molecular weight excluding hydrogens is 228 g/mol. The Bertz CT molecular complexity index is 320. The molecule has 0 radical (unpaired) electrons. The molecule has 82 valence electrons. The van der Waals surface area contributed by atoms with Gasteiger partial charge in [0.25, 0.3) is 0 Å². The molecule has 2 N–H and O–H groups in total. The van der Waals surface area contributed by atoms with Crippen LogP contribution in [0.15, 0.2) is 16.8 Å². The van der Waals surface area contributed by atoms with Crippen molar-refractivity contribution in [2.75, 3.05) is 11.6 Å². The van der Waals surface area contributed by atoms with E-state index in [1.807, 2.05) is 18.4 Å². The molecule has 0 saturated carbocycles. The Hall–Kier alpha value is -0.520. The summed E-state index contributed by atoms with van der Waals surface area (Å²) in [6.45, 7) is 2.02. The predicted molar refractivity (Wildman–Crippen MR) is 65.1 cm³/mol. The monoisotopic (exact) mass is 242 g/mol. The van der Waals surface area contributed by atoms with Crippen molar-refractivity contribution in [2.45, 2.75) is 19.0 Å². The maximum absolute atomic E-state index is 11.8. The number of carbonyl (C=O) groups excluding carboxylic acids is 1. The van der Waals surface area contributed by atoms with Gasteiger partial charge in [-0.05, 0) is 29.3 Å². The molecule has 5 heteroatoms. The molecule has 15 heavy (non-hydrogen) atoms. The topological polar surface area (TPSA) is 41.1 Å². The van der Waals surface area contributed by atoms with E-state index in [-0.39, 0.29) is 18.0 Å². The fraction of sp³-hybridized carbons (Fsp3) is 0.500. The molecule has 3 nitrogen and oxygen atoms in total. The number of thioether (sulfide) groups is 1. The summed E-state index contributed by atoms with van der Waals surface area (Å²) in [5, 5.41) is 10.3. The Balaban J connectivity index is 1.88. The molecule has 1 aromatic rings. The summed E-state index contributed by atoms with van der Waals surface area (Å²) in [4.78, 5) is 11.8. The molecule has 1 aromatic heterocycles. The molecule has 2 unspecified atom stereocenters. The third-order valence-corrected chi connectivity index (χ3v) is 4.08. The second-order valence-electron chi connectivity index (χ2n) is 3.56. The zero-order valence-electron chi connectivity index (χ0n) is 8.53. The average Bonchev–Trinajstić information content (AvgIpc) is 2.91. The average molecular weight is 242 g/mol. The highest BCUT2D eigenvalue weighted by Crippen LogP contribution is 2.16. The molecule has 1 amide bonds. The van der Waals surface area contributed by atoms with Crippen molar-refractivity contribution in [3.63, 3.8) is 0 Å². The summed E-state index contributed by atoms with van der Waals surface area (Å²) < 4.78 is 0. The second kappa shape index (κ2) is 5.01. The van der Waals surface area contributed by atoms with Crippen molar-refractivity contribution in [2.24, 2.45) is 0 Å². The second-order valence-corrected chi connectivity index (χ2v) is 5.37. The maximum atomic E-state index is 11.8. The van der Waals surface area contributed by atoms with Gasteiger partial charge in [-0.1, -0.05) is 0 Å². The maximum Gasteiger partial charge on any atom is 0.238 e. The molecule has 1 aliphatic heterocycles. The molecule has 2 heterocycles. The first-order chi connectivity index (χ1) is 7.27. The van der Waals surface area contributed by atoms with E-state index in [0.29, 0.717) is 0 Å². The minimum Gasteiger partial charge on any atom is -0.348 e. The Kier molecular flexibility index (Phi) is 3.66. The van der Waals surface area contributed by atoms with Crippen LogP contribution in [0.5, 0.6) is 0 Å². The summed E-state index contributed by atoms with van der Waals surface area (Å²) >= 11 is 3.42. The summed E-state index contributed by atoms with van der Waals surface area (Å²) in [6, 6.07) is 2.14. The summed E-state index contributed by atoms with van der Waals surface area (Å²) in [7, 11) is 0. The lowest BCUT2D eigenvalue weighted by Crippen LogP contribution is -2.42. The molecule has 2 rings (SSSR count). The van der Waals surface area contributed by atoms with Crippen molar-refractivity contribution in [1.82, 2.24) is 10.6 Å². The summed E-state index contributed by atoms with van der Waals surface area (Å²) in [5.74, 6) is 1.87. The van der Waals surface area contributed by atoms with Gasteiger partial charge in [0.1, 0.15) is 0 Å². The van der Waals surface area contributed by atoms with Gasteiger partial charge in [0.05, 0.1) is 12.1 Å². The highest BCUT2D eigenvalue weighted by atomic mass is 32.2. The number of thiophene rings is 1. The molecule has 1 aliphatic rings. The molecule has 0 bridgehead atoms. The predicted octanol–water partition coefficient (Wildman–Crippen LogP) is 1.59. The number of hydrogen-bond acceptors (Lipinski definition) is 4. The third kappa shape index (κ3) is 2.74. The zero-order valence-corrected chi connectivity index (χ0v) is 10.2. The van der Waals surface area contributed by atoms with E-state index in [4.69, 9.17) is 0 Å². The van der Waals surface area contributed by atoms with Crippen LogP contribution < -0.4 is 10.6 Å². The molecule has 0 spiro atoms. The largest absolute Gasteiger partial charge is 0.348 e. The van der Waals surface area contributed by atoms with E-state index in [2.05, 4.69) is 16.0 Å². The Morgan fingerprint density at radius 1 is 1.73 bits per heavy atom. The summed E-state index contributed by atoms with van der Waals surface area (Å²) in [6.07, 6.45) is 0. The standard InChI is InChI=1S/C10H14N2OS2/c1-7(8-2-3-14-4-8)12-10(13)9-5-15-6-11-9/h2-4,7,9,11H,5-6H2,1H3,(H,12,13). The van der Waals surface area contributed by atoms with E-state index in [1.54, 1.807) is 23.1 Å². The van der Waals surface area contributed by atoms with E-state index < -0.39 is 0 Å². The smallest absolute Gasteiger partial charge is 0.238 e. The molecule has 1 saturated heterocycles. The normalized spacial score (nSPS) is 22.6. The van der Waals surface area contributed by atoms with Gasteiger partial charge < -0.3 is 5.32 Å². The van der Waals surface area contributed by atoms with Crippen molar-refractivity contribution >= 4 is 29.0 Å². The van der Waals surface area contributed by atoms with Crippen LogP contribution in [-0.2, 0) is 4.79 Å². The van der Waals surface area contributed by atoms with Gasteiger partial charge >= 0.3 is 0 Å². The lowest BCUT2D eigenvalue weighted by Gasteiger charge is -2.15. The number of nitrogens with one attached hydrogen (secondary N) is 2. The first-order valence-corrected chi connectivity index (χ1v) is 7.00. The van der Waals surface area contributed by atoms with Crippen LogP contribution >= 0.6 is 23.1 Å². The van der Waals surface area contributed by atoms with Gasteiger partial charge in [-0.2, -0.15) is 11.3 Å². The van der Waals surface area contributed by atoms with Crippen LogP contribution in [0.25, 0.3) is 0 Å². The fourth-order valence-electron chi connectivity index (χ4n) is 1.48. The van der Waals surface area contributed by atoms with Gasteiger partial charge in [0.2, 0.25) is 5.91 Å². The fourth-order valence-corrected chi connectivity index (χ4v) is 3.18. The Morgan fingerprint density at radius 3 is 3.20 bits per heavy atom.